The molecular weight excluding hydrogens is 276 g/mol. The van der Waals surface area contributed by atoms with E-state index in [0.717, 1.165) is 10.9 Å². The van der Waals surface area contributed by atoms with Gasteiger partial charge in [0.1, 0.15) is 11.5 Å². The van der Waals surface area contributed by atoms with Gasteiger partial charge in [-0.1, -0.05) is 35.9 Å². The number of halogens is 1. The number of aromatic nitrogens is 4. The molecule has 0 saturated carbocycles. The van der Waals surface area contributed by atoms with Crippen molar-refractivity contribution in [2.45, 2.75) is 13.5 Å². The summed E-state index contributed by atoms with van der Waals surface area (Å²) in [4.78, 5) is 19.2. The van der Waals surface area contributed by atoms with Gasteiger partial charge in [-0.2, -0.15) is 5.10 Å². The Kier molecular flexibility index (Phi) is 3.20. The summed E-state index contributed by atoms with van der Waals surface area (Å²) in [7, 11) is 0. The molecule has 0 aliphatic heterocycles. The normalized spacial score (nSPS) is 10.9. The van der Waals surface area contributed by atoms with Gasteiger partial charge in [0.05, 0.1) is 11.9 Å². The van der Waals surface area contributed by atoms with E-state index in [4.69, 9.17) is 11.6 Å². The van der Waals surface area contributed by atoms with Crippen molar-refractivity contribution in [1.29, 1.82) is 0 Å². The van der Waals surface area contributed by atoms with Crippen LogP contribution in [0.5, 0.6) is 0 Å². The number of carbonyl (C=O) groups excluding carboxylic acids is 1. The molecule has 0 atom stereocenters. The van der Waals surface area contributed by atoms with E-state index in [-0.39, 0.29) is 5.78 Å². The molecule has 5 nitrogen and oxygen atoms in total. The van der Waals surface area contributed by atoms with Crippen molar-refractivity contribution in [3.63, 3.8) is 0 Å². The van der Waals surface area contributed by atoms with Gasteiger partial charge in [0, 0.05) is 11.8 Å². The Balaban J connectivity index is 1.89. The maximum atomic E-state index is 11.2. The van der Waals surface area contributed by atoms with E-state index in [1.807, 2.05) is 30.5 Å². The number of benzene rings is 1. The molecule has 0 aliphatic rings. The number of hydrogen-bond acceptors (Lipinski definition) is 4. The predicted molar refractivity (Wildman–Crippen MR) is 75.9 cm³/mol. The highest BCUT2D eigenvalue weighted by atomic mass is 35.5. The van der Waals surface area contributed by atoms with Crippen LogP contribution < -0.4 is 0 Å². The molecular formula is C14H11ClN4O. The van der Waals surface area contributed by atoms with Crippen molar-refractivity contribution in [2.24, 2.45) is 0 Å². The molecule has 0 N–H and O–H groups in total. The van der Waals surface area contributed by atoms with E-state index in [1.54, 1.807) is 11.6 Å². The van der Waals surface area contributed by atoms with Crippen LogP contribution in [-0.2, 0) is 6.54 Å². The number of fused-ring (bicyclic) bond motifs is 1. The molecule has 2 aromatic heterocycles. The number of hydrogen-bond donors (Lipinski definition) is 0. The second kappa shape index (κ2) is 5.02. The van der Waals surface area contributed by atoms with Gasteiger partial charge in [-0.3, -0.25) is 9.48 Å². The van der Waals surface area contributed by atoms with E-state index < -0.39 is 0 Å². The van der Waals surface area contributed by atoms with Crippen LogP contribution in [0.4, 0.5) is 0 Å². The van der Waals surface area contributed by atoms with Crippen LogP contribution in [0.15, 0.2) is 36.8 Å². The summed E-state index contributed by atoms with van der Waals surface area (Å²) in [5.41, 5.74) is 2.32. The molecule has 1 aromatic carbocycles. The monoisotopic (exact) mass is 286 g/mol. The van der Waals surface area contributed by atoms with Gasteiger partial charge in [-0.15, -0.1) is 0 Å². The summed E-state index contributed by atoms with van der Waals surface area (Å²) in [5.74, 6) is 0.0587. The predicted octanol–water partition coefficient (Wildman–Crippen LogP) is 2.73. The third-order valence-corrected chi connectivity index (χ3v) is 3.32. The lowest BCUT2D eigenvalue weighted by molar-refractivity contribution is 0.101. The standard InChI is InChI=1S/C14H11ClN4O/c1-9(20)11-4-2-10(3-5-11)6-19-7-12-13(15)16-8-17-14(12)18-19/h2-5,7-8H,6H2,1H3. The Hall–Kier alpha value is -2.27. The lowest BCUT2D eigenvalue weighted by Crippen LogP contribution is -2.00. The quantitative estimate of drug-likeness (QED) is 0.549. The Bertz CT molecular complexity index is 779. The fourth-order valence-electron chi connectivity index (χ4n) is 1.97. The highest BCUT2D eigenvalue weighted by Gasteiger charge is 2.07. The summed E-state index contributed by atoms with van der Waals surface area (Å²) in [6.45, 7) is 2.14. The summed E-state index contributed by atoms with van der Waals surface area (Å²) in [6, 6.07) is 7.45. The first-order valence-corrected chi connectivity index (χ1v) is 6.45. The molecule has 0 unspecified atom stereocenters. The zero-order valence-electron chi connectivity index (χ0n) is 10.7. The van der Waals surface area contributed by atoms with E-state index in [2.05, 4.69) is 15.1 Å². The Morgan fingerprint density at radius 2 is 2.00 bits per heavy atom. The number of Topliss-reactive ketones (excluding diaryl/α,β-unsaturated/α-hetero) is 1. The van der Waals surface area contributed by atoms with Crippen molar-refractivity contribution in [3.8, 4) is 0 Å². The minimum atomic E-state index is 0.0587. The first-order valence-electron chi connectivity index (χ1n) is 6.07. The second-order valence-corrected chi connectivity index (χ2v) is 4.84. The summed E-state index contributed by atoms with van der Waals surface area (Å²) in [6.07, 6.45) is 3.21. The number of carbonyl (C=O) groups is 1. The molecule has 0 saturated heterocycles. The molecule has 100 valence electrons. The molecule has 3 rings (SSSR count). The second-order valence-electron chi connectivity index (χ2n) is 4.48. The maximum absolute atomic E-state index is 11.2. The van der Waals surface area contributed by atoms with Crippen LogP contribution in [-0.4, -0.2) is 25.5 Å². The van der Waals surface area contributed by atoms with Crippen LogP contribution in [0.1, 0.15) is 22.8 Å². The van der Waals surface area contributed by atoms with Crippen LogP contribution in [0.2, 0.25) is 5.15 Å². The van der Waals surface area contributed by atoms with Gasteiger partial charge in [0.15, 0.2) is 11.4 Å². The van der Waals surface area contributed by atoms with Crippen LogP contribution in [0.25, 0.3) is 11.0 Å². The molecule has 0 amide bonds. The zero-order valence-corrected chi connectivity index (χ0v) is 11.5. The van der Waals surface area contributed by atoms with Crippen molar-refractivity contribution < 1.29 is 4.79 Å². The third kappa shape index (κ3) is 2.40. The lowest BCUT2D eigenvalue weighted by Gasteiger charge is -2.02. The van der Waals surface area contributed by atoms with Gasteiger partial charge >= 0.3 is 0 Å². The first-order chi connectivity index (χ1) is 9.63. The summed E-state index contributed by atoms with van der Waals surface area (Å²) < 4.78 is 1.76. The molecule has 3 aromatic rings. The molecule has 0 fully saturated rings. The van der Waals surface area contributed by atoms with Gasteiger partial charge in [-0.25, -0.2) is 9.97 Å². The van der Waals surface area contributed by atoms with Crippen LogP contribution in [0.3, 0.4) is 0 Å². The molecule has 20 heavy (non-hydrogen) atoms. The third-order valence-electron chi connectivity index (χ3n) is 3.02. The highest BCUT2D eigenvalue weighted by molar-refractivity contribution is 6.33. The maximum Gasteiger partial charge on any atom is 0.185 e. The van der Waals surface area contributed by atoms with Gasteiger partial charge < -0.3 is 0 Å². The molecule has 0 bridgehead atoms. The SMILES string of the molecule is CC(=O)c1ccc(Cn2cc3c(Cl)ncnc3n2)cc1. The number of ketones is 1. The van der Waals surface area contributed by atoms with Crippen molar-refractivity contribution in [2.75, 3.05) is 0 Å². The Morgan fingerprint density at radius 1 is 1.25 bits per heavy atom. The minimum Gasteiger partial charge on any atom is -0.295 e. The molecule has 0 radical (unpaired) electrons. The zero-order chi connectivity index (χ0) is 14.1. The van der Waals surface area contributed by atoms with Crippen LogP contribution >= 0.6 is 11.6 Å². The van der Waals surface area contributed by atoms with E-state index in [9.17, 15) is 4.79 Å². The number of rotatable bonds is 3. The fraction of sp³-hybridized carbons (Fsp3) is 0.143. The lowest BCUT2D eigenvalue weighted by atomic mass is 10.1. The van der Waals surface area contributed by atoms with Gasteiger partial charge in [-0.05, 0) is 12.5 Å². The van der Waals surface area contributed by atoms with Gasteiger partial charge in [0.25, 0.3) is 0 Å². The fourth-order valence-corrected chi connectivity index (χ4v) is 2.15. The molecule has 0 spiro atoms. The average Bonchev–Trinajstić information content (AvgIpc) is 2.83. The average molecular weight is 287 g/mol. The van der Waals surface area contributed by atoms with Crippen molar-refractivity contribution in [1.82, 2.24) is 19.7 Å². The summed E-state index contributed by atoms with van der Waals surface area (Å²) >= 11 is 5.99. The van der Waals surface area contributed by atoms with E-state index in [1.165, 1.54) is 6.33 Å². The minimum absolute atomic E-state index is 0.0587. The van der Waals surface area contributed by atoms with E-state index in [0.29, 0.717) is 22.9 Å². The Morgan fingerprint density at radius 3 is 2.65 bits per heavy atom. The first kappa shape index (κ1) is 12.7. The van der Waals surface area contributed by atoms with E-state index >= 15 is 0 Å². The van der Waals surface area contributed by atoms with Crippen molar-refractivity contribution >= 4 is 28.4 Å². The van der Waals surface area contributed by atoms with Crippen molar-refractivity contribution in [3.05, 3.63) is 53.1 Å². The molecule has 0 aliphatic carbocycles. The highest BCUT2D eigenvalue weighted by Crippen LogP contribution is 2.18. The topological polar surface area (TPSA) is 60.7 Å². The largest absolute Gasteiger partial charge is 0.295 e. The number of nitrogens with zero attached hydrogens (tertiary/aromatic N) is 4. The Labute approximate surface area is 120 Å². The smallest absolute Gasteiger partial charge is 0.185 e. The van der Waals surface area contributed by atoms with Crippen LogP contribution in [0, 0.1) is 0 Å². The molecule has 2 heterocycles. The molecule has 6 heteroatoms. The summed E-state index contributed by atoms with van der Waals surface area (Å²) in [5, 5.41) is 5.47. The van der Waals surface area contributed by atoms with Gasteiger partial charge in [0.2, 0.25) is 0 Å².